The first-order valence-corrected chi connectivity index (χ1v) is 22.2. The van der Waals surface area contributed by atoms with Crippen LogP contribution in [0.25, 0.3) is 6.08 Å². The second-order valence-corrected chi connectivity index (χ2v) is 18.4. The van der Waals surface area contributed by atoms with Gasteiger partial charge in [-0.2, -0.15) is 5.06 Å². The minimum absolute atomic E-state index is 0.00233. The summed E-state index contributed by atoms with van der Waals surface area (Å²) in [6.07, 6.45) is -0.0733. The molecule has 15 nitrogen and oxygen atoms in total. The summed E-state index contributed by atoms with van der Waals surface area (Å²) in [7, 11) is 3.36. The highest BCUT2D eigenvalue weighted by Gasteiger charge is 2.76. The third-order valence-electron chi connectivity index (χ3n) is 12.4. The highest BCUT2D eigenvalue weighted by atomic mass is 16.8. The van der Waals surface area contributed by atoms with E-state index in [0.717, 1.165) is 22.3 Å². The molecule has 3 N–H and O–H groups in total. The predicted octanol–water partition coefficient (Wildman–Crippen LogP) is 4.80. The maximum atomic E-state index is 15.1. The number of carbonyl (C=O) groups excluding carboxylic acids is 5. The number of fused-ring (bicyclic) bond motifs is 4. The minimum atomic E-state index is -1.50. The third-order valence-corrected chi connectivity index (χ3v) is 12.4. The Hall–Kier alpha value is -6.23. The van der Waals surface area contributed by atoms with Crippen molar-refractivity contribution in [3.63, 3.8) is 0 Å². The van der Waals surface area contributed by atoms with Crippen LogP contribution < -0.4 is 10.6 Å². The summed E-state index contributed by atoms with van der Waals surface area (Å²) < 4.78 is 25.7. The van der Waals surface area contributed by atoms with Crippen LogP contribution in [0.2, 0.25) is 0 Å². The van der Waals surface area contributed by atoms with Gasteiger partial charge in [0.05, 0.1) is 19.2 Å². The van der Waals surface area contributed by atoms with E-state index in [4.69, 9.17) is 23.8 Å². The van der Waals surface area contributed by atoms with Crippen LogP contribution in [0.3, 0.4) is 0 Å². The standard InChI is InChI=1S/C51H56N4O11/c1-49(2,3)63-41(58)26-24-38(31-56)53-46(59)35-14-12-13-34(27-35)29-52-48(61)50-28-39-42-43(65-51(64-42,36-15-8-6-9-16-36)37-17-10-7-11-18-37)45(50)66-55(44(50)47(60)62-39)30-33-21-19-32(20-22-33)23-25-40(57)54(4)5/h6-23,25,27,38-39,42-45,56H,24,26,28-31H2,1-5H3,(H,52,61)(H,53,59)/t38-,39+,42-,43-,44-,45+,50-/m0/s1. The van der Waals surface area contributed by atoms with Gasteiger partial charge >= 0.3 is 11.9 Å². The zero-order valence-electron chi connectivity index (χ0n) is 37.7. The van der Waals surface area contributed by atoms with Crippen molar-refractivity contribution in [2.45, 2.75) is 101 Å². The monoisotopic (exact) mass is 900 g/mol. The minimum Gasteiger partial charge on any atom is -0.460 e. The van der Waals surface area contributed by atoms with Crippen LogP contribution in [0.5, 0.6) is 0 Å². The van der Waals surface area contributed by atoms with Gasteiger partial charge in [0.25, 0.3) is 5.91 Å². The second kappa shape index (κ2) is 18.9. The number of nitrogens with one attached hydrogen (secondary N) is 2. The molecule has 4 aromatic rings. The quantitative estimate of drug-likeness (QED) is 0.110. The van der Waals surface area contributed by atoms with Gasteiger partial charge in [0.15, 0.2) is 6.04 Å². The average molecular weight is 901 g/mol. The summed E-state index contributed by atoms with van der Waals surface area (Å²) in [6.45, 7) is 5.03. The Kier molecular flexibility index (Phi) is 13.3. The van der Waals surface area contributed by atoms with Crippen molar-refractivity contribution in [2.24, 2.45) is 5.41 Å². The molecule has 0 aromatic heterocycles. The van der Waals surface area contributed by atoms with E-state index in [1.165, 1.54) is 16.0 Å². The molecule has 7 atom stereocenters. The third kappa shape index (κ3) is 9.40. The fraction of sp³-hybridized carbons (Fsp3) is 0.392. The topological polar surface area (TPSA) is 182 Å². The van der Waals surface area contributed by atoms with Gasteiger partial charge in [-0.3, -0.25) is 28.8 Å². The molecule has 4 aromatic carbocycles. The summed E-state index contributed by atoms with van der Waals surface area (Å²) in [5.41, 5.74) is 1.74. The maximum absolute atomic E-state index is 15.1. The first-order valence-electron chi connectivity index (χ1n) is 22.2. The van der Waals surface area contributed by atoms with Gasteiger partial charge in [-0.1, -0.05) is 97.1 Å². The molecule has 1 aliphatic carbocycles. The Morgan fingerprint density at radius 3 is 2.20 bits per heavy atom. The van der Waals surface area contributed by atoms with Crippen LogP contribution in [0, 0.1) is 5.41 Å². The van der Waals surface area contributed by atoms with E-state index in [9.17, 15) is 24.3 Å². The lowest BCUT2D eigenvalue weighted by atomic mass is 9.62. The van der Waals surface area contributed by atoms with Crippen LogP contribution in [-0.2, 0) is 61.8 Å². The lowest BCUT2D eigenvalue weighted by molar-refractivity contribution is -0.213. The fourth-order valence-electron chi connectivity index (χ4n) is 9.25. The van der Waals surface area contributed by atoms with E-state index < -0.39 is 77.1 Å². The number of hydrogen-bond donors (Lipinski definition) is 3. The van der Waals surface area contributed by atoms with Crippen molar-refractivity contribution in [1.82, 2.24) is 20.6 Å². The number of carbonyl (C=O) groups is 5. The van der Waals surface area contributed by atoms with E-state index in [1.807, 2.05) is 84.9 Å². The molecular weight excluding hydrogens is 845 g/mol. The fourth-order valence-corrected chi connectivity index (χ4v) is 9.25. The Bertz CT molecular complexity index is 2420. The molecule has 4 aliphatic rings. The molecule has 0 spiro atoms. The Morgan fingerprint density at radius 1 is 0.894 bits per heavy atom. The smallest absolute Gasteiger partial charge is 0.327 e. The van der Waals surface area contributed by atoms with Crippen molar-refractivity contribution in [1.29, 1.82) is 0 Å². The molecule has 0 unspecified atom stereocenters. The summed E-state index contributed by atoms with van der Waals surface area (Å²) in [4.78, 5) is 75.7. The highest BCUT2D eigenvalue weighted by molar-refractivity contribution is 5.95. The number of hydroxylamine groups is 2. The summed E-state index contributed by atoms with van der Waals surface area (Å²) in [6, 6.07) is 31.3. The van der Waals surface area contributed by atoms with Crippen LogP contribution in [-0.4, -0.2) is 108 Å². The summed E-state index contributed by atoms with van der Waals surface area (Å²) in [5, 5.41) is 17.4. The number of likely N-dealkylation sites (N-methyl/N-ethyl adjacent to an activating group) is 1. The van der Waals surface area contributed by atoms with Crippen molar-refractivity contribution >= 4 is 35.7 Å². The predicted molar refractivity (Wildman–Crippen MR) is 240 cm³/mol. The largest absolute Gasteiger partial charge is 0.460 e. The first kappa shape index (κ1) is 46.3. The van der Waals surface area contributed by atoms with Crippen LogP contribution in [0.4, 0.5) is 0 Å². The molecule has 3 aliphatic heterocycles. The zero-order valence-corrected chi connectivity index (χ0v) is 37.7. The van der Waals surface area contributed by atoms with Crippen LogP contribution in [0.1, 0.15) is 78.2 Å². The molecule has 4 fully saturated rings. The van der Waals surface area contributed by atoms with Crippen molar-refractivity contribution in [3.8, 4) is 0 Å². The van der Waals surface area contributed by atoms with Crippen molar-refractivity contribution in [2.75, 3.05) is 20.7 Å². The molecule has 3 heterocycles. The first-order chi connectivity index (χ1) is 31.6. The molecular formula is C51H56N4O11. The summed E-state index contributed by atoms with van der Waals surface area (Å²) in [5.74, 6) is -3.56. The number of rotatable bonds is 15. The molecule has 1 saturated carbocycles. The lowest BCUT2D eigenvalue weighted by Crippen LogP contribution is -2.69. The SMILES string of the molecule is CN(C)C(=O)C=Cc1ccc(CN2O[C@@H]3[C@H]4OC(c5ccccc5)(c5ccccc5)O[C@H]4[C@H]4C[C@]3(C(=O)NCc3cccc(C(=O)N[C@H](CO)CCC(=O)OC(C)(C)C)c3)[C@@H]2C(=O)O4)cc1. The number of aliphatic hydroxyl groups is 1. The molecule has 346 valence electrons. The molecule has 3 amide bonds. The second-order valence-electron chi connectivity index (χ2n) is 18.4. The number of ether oxygens (including phenoxy) is 4. The number of nitrogens with zero attached hydrogens (tertiary/aromatic N) is 2. The van der Waals surface area contributed by atoms with Gasteiger partial charge in [0, 0.05) is 56.2 Å². The van der Waals surface area contributed by atoms with E-state index in [1.54, 1.807) is 65.2 Å². The van der Waals surface area contributed by atoms with E-state index in [2.05, 4.69) is 10.6 Å². The summed E-state index contributed by atoms with van der Waals surface area (Å²) >= 11 is 0. The average Bonchev–Trinajstić information content (AvgIpc) is 3.89. The van der Waals surface area contributed by atoms with Gasteiger partial charge in [0.2, 0.25) is 17.6 Å². The maximum Gasteiger partial charge on any atom is 0.327 e. The molecule has 66 heavy (non-hydrogen) atoms. The number of esters is 2. The molecule has 15 heteroatoms. The molecule has 2 bridgehead atoms. The number of amides is 3. The number of hydrogen-bond acceptors (Lipinski definition) is 12. The Balaban J connectivity index is 1.06. The van der Waals surface area contributed by atoms with Gasteiger partial charge < -0.3 is 39.6 Å². The molecule has 0 radical (unpaired) electrons. The number of benzene rings is 4. The lowest BCUT2D eigenvalue weighted by Gasteiger charge is -2.48. The normalized spacial score (nSPS) is 24.5. The van der Waals surface area contributed by atoms with Gasteiger partial charge in [0.1, 0.15) is 35.4 Å². The van der Waals surface area contributed by atoms with Crippen LogP contribution in [0.15, 0.2) is 115 Å². The van der Waals surface area contributed by atoms with Gasteiger partial charge in [-0.05, 0) is 62.1 Å². The van der Waals surface area contributed by atoms with Gasteiger partial charge in [-0.15, -0.1) is 0 Å². The van der Waals surface area contributed by atoms with Crippen LogP contribution >= 0.6 is 0 Å². The van der Waals surface area contributed by atoms with Crippen molar-refractivity contribution < 1.29 is 52.9 Å². The van der Waals surface area contributed by atoms with E-state index in [-0.39, 0.29) is 50.4 Å². The van der Waals surface area contributed by atoms with E-state index >= 15 is 4.79 Å². The molecule has 8 rings (SSSR count). The highest BCUT2D eigenvalue weighted by Crippen LogP contribution is 2.59. The zero-order chi connectivity index (χ0) is 46.8. The van der Waals surface area contributed by atoms with Gasteiger partial charge in [-0.25, -0.2) is 0 Å². The Labute approximate surface area is 383 Å². The van der Waals surface area contributed by atoms with Crippen molar-refractivity contribution in [3.05, 3.63) is 149 Å². The van der Waals surface area contributed by atoms with E-state index in [0.29, 0.717) is 5.56 Å². The number of aliphatic hydroxyl groups excluding tert-OH is 1. The molecule has 3 saturated heterocycles. The Morgan fingerprint density at radius 2 is 1.56 bits per heavy atom.